The van der Waals surface area contributed by atoms with Gasteiger partial charge in [0.15, 0.2) is 0 Å². The molecule has 1 amide bonds. The summed E-state index contributed by atoms with van der Waals surface area (Å²) in [4.78, 5) is 11.6. The maximum Gasteiger partial charge on any atom is 0.251 e. The molecule has 0 fully saturated rings. The monoisotopic (exact) mass is 284 g/mol. The van der Waals surface area contributed by atoms with E-state index in [2.05, 4.69) is 5.32 Å². The Morgan fingerprint density at radius 1 is 1.16 bits per heavy atom. The molecule has 0 saturated heterocycles. The van der Waals surface area contributed by atoms with Crippen molar-refractivity contribution in [2.75, 3.05) is 23.1 Å². The Hall–Kier alpha value is -1.56. The van der Waals surface area contributed by atoms with Gasteiger partial charge in [-0.3, -0.25) is 9.10 Å². The Labute approximate surface area is 114 Å². The van der Waals surface area contributed by atoms with E-state index in [4.69, 9.17) is 0 Å². The van der Waals surface area contributed by atoms with Crippen molar-refractivity contribution in [2.45, 2.75) is 20.8 Å². The SMILES string of the molecule is CCNC(=O)c1ccc(N(CC)S(=O)(=O)CC)cc1. The summed E-state index contributed by atoms with van der Waals surface area (Å²) >= 11 is 0. The predicted octanol–water partition coefficient (Wildman–Crippen LogP) is 1.61. The van der Waals surface area contributed by atoms with Crippen LogP contribution in [-0.2, 0) is 10.0 Å². The predicted molar refractivity (Wildman–Crippen MR) is 76.9 cm³/mol. The zero-order valence-electron chi connectivity index (χ0n) is 11.5. The lowest BCUT2D eigenvalue weighted by Crippen LogP contribution is -2.32. The molecule has 19 heavy (non-hydrogen) atoms. The van der Waals surface area contributed by atoms with E-state index in [0.29, 0.717) is 24.3 Å². The summed E-state index contributed by atoms with van der Waals surface area (Å²) in [6.45, 7) is 6.17. The van der Waals surface area contributed by atoms with Gasteiger partial charge in [0.25, 0.3) is 5.91 Å². The van der Waals surface area contributed by atoms with Crippen LogP contribution in [-0.4, -0.2) is 33.2 Å². The van der Waals surface area contributed by atoms with E-state index in [0.717, 1.165) is 0 Å². The van der Waals surface area contributed by atoms with Gasteiger partial charge >= 0.3 is 0 Å². The lowest BCUT2D eigenvalue weighted by molar-refractivity contribution is 0.0956. The molecule has 6 heteroatoms. The summed E-state index contributed by atoms with van der Waals surface area (Å²) in [5, 5.41) is 2.70. The average molecular weight is 284 g/mol. The summed E-state index contributed by atoms with van der Waals surface area (Å²) in [5.74, 6) is -0.103. The first kappa shape index (κ1) is 15.5. The van der Waals surface area contributed by atoms with E-state index < -0.39 is 10.0 Å². The summed E-state index contributed by atoms with van der Waals surface area (Å²) < 4.78 is 25.1. The number of sulfonamides is 1. The number of hydrogen-bond donors (Lipinski definition) is 1. The maximum atomic E-state index is 11.9. The quantitative estimate of drug-likeness (QED) is 0.863. The van der Waals surface area contributed by atoms with Crippen LogP contribution in [0.4, 0.5) is 5.69 Å². The summed E-state index contributed by atoms with van der Waals surface area (Å²) in [6, 6.07) is 6.57. The van der Waals surface area contributed by atoms with E-state index in [-0.39, 0.29) is 11.7 Å². The van der Waals surface area contributed by atoms with E-state index in [1.807, 2.05) is 6.92 Å². The van der Waals surface area contributed by atoms with Gasteiger partial charge in [0.2, 0.25) is 10.0 Å². The Morgan fingerprint density at radius 2 is 1.74 bits per heavy atom. The molecule has 0 heterocycles. The molecule has 1 N–H and O–H groups in total. The third-order valence-electron chi connectivity index (χ3n) is 2.74. The third-order valence-corrected chi connectivity index (χ3v) is 4.61. The van der Waals surface area contributed by atoms with Crippen molar-refractivity contribution < 1.29 is 13.2 Å². The van der Waals surface area contributed by atoms with E-state index in [1.54, 1.807) is 38.1 Å². The smallest absolute Gasteiger partial charge is 0.251 e. The lowest BCUT2D eigenvalue weighted by Gasteiger charge is -2.22. The average Bonchev–Trinajstić information content (AvgIpc) is 2.40. The third kappa shape index (κ3) is 3.70. The first-order valence-corrected chi connectivity index (χ1v) is 7.95. The molecule has 0 spiro atoms. The molecule has 0 aliphatic rings. The molecular formula is C13H20N2O3S. The molecule has 0 aliphatic carbocycles. The fourth-order valence-electron chi connectivity index (χ4n) is 1.74. The number of rotatable bonds is 6. The number of carbonyl (C=O) groups is 1. The molecule has 1 aromatic carbocycles. The highest BCUT2D eigenvalue weighted by Crippen LogP contribution is 2.18. The molecule has 0 radical (unpaired) electrons. The van der Waals surface area contributed by atoms with Gasteiger partial charge < -0.3 is 5.32 Å². The second kappa shape index (κ2) is 6.56. The van der Waals surface area contributed by atoms with Crippen molar-refractivity contribution in [3.05, 3.63) is 29.8 Å². The summed E-state index contributed by atoms with van der Waals surface area (Å²) in [7, 11) is -3.27. The van der Waals surface area contributed by atoms with E-state index >= 15 is 0 Å². The number of anilines is 1. The van der Waals surface area contributed by atoms with Gasteiger partial charge in [0.1, 0.15) is 0 Å². The second-order valence-electron chi connectivity index (χ2n) is 3.97. The van der Waals surface area contributed by atoms with Crippen LogP contribution in [0, 0.1) is 0 Å². The molecule has 106 valence electrons. The maximum absolute atomic E-state index is 11.9. The molecular weight excluding hydrogens is 264 g/mol. The number of nitrogens with one attached hydrogen (secondary N) is 1. The van der Waals surface area contributed by atoms with E-state index in [1.165, 1.54) is 4.31 Å². The largest absolute Gasteiger partial charge is 0.352 e. The normalized spacial score (nSPS) is 11.1. The van der Waals surface area contributed by atoms with Crippen LogP contribution >= 0.6 is 0 Å². The molecule has 0 bridgehead atoms. The highest BCUT2D eigenvalue weighted by Gasteiger charge is 2.18. The number of hydrogen-bond acceptors (Lipinski definition) is 3. The Morgan fingerprint density at radius 3 is 2.16 bits per heavy atom. The fourth-order valence-corrected chi connectivity index (χ4v) is 2.89. The number of benzene rings is 1. The first-order chi connectivity index (χ1) is 8.96. The highest BCUT2D eigenvalue weighted by atomic mass is 32.2. The van der Waals surface area contributed by atoms with Crippen LogP contribution in [0.1, 0.15) is 31.1 Å². The number of amides is 1. The molecule has 1 rings (SSSR count). The second-order valence-corrected chi connectivity index (χ2v) is 6.15. The van der Waals surface area contributed by atoms with Crippen molar-refractivity contribution in [1.29, 1.82) is 0 Å². The van der Waals surface area contributed by atoms with Crippen molar-refractivity contribution in [1.82, 2.24) is 5.32 Å². The lowest BCUT2D eigenvalue weighted by atomic mass is 10.2. The van der Waals surface area contributed by atoms with Gasteiger partial charge in [0.05, 0.1) is 11.4 Å². The molecule has 0 saturated carbocycles. The van der Waals surface area contributed by atoms with Crippen molar-refractivity contribution in [2.24, 2.45) is 0 Å². The first-order valence-electron chi connectivity index (χ1n) is 6.34. The van der Waals surface area contributed by atoms with Gasteiger partial charge in [-0.1, -0.05) is 0 Å². The summed E-state index contributed by atoms with van der Waals surface area (Å²) in [6.07, 6.45) is 0. The van der Waals surface area contributed by atoms with Crippen molar-refractivity contribution in [3.8, 4) is 0 Å². The van der Waals surface area contributed by atoms with Crippen LogP contribution in [0.25, 0.3) is 0 Å². The van der Waals surface area contributed by atoms with E-state index in [9.17, 15) is 13.2 Å². The molecule has 0 atom stereocenters. The van der Waals surface area contributed by atoms with Gasteiger partial charge in [-0.25, -0.2) is 8.42 Å². The zero-order valence-corrected chi connectivity index (χ0v) is 12.3. The van der Waals surface area contributed by atoms with Gasteiger partial charge in [-0.05, 0) is 45.0 Å². The van der Waals surface area contributed by atoms with Crippen molar-refractivity contribution in [3.63, 3.8) is 0 Å². The Balaban J connectivity index is 3.00. The van der Waals surface area contributed by atoms with Gasteiger partial charge in [-0.2, -0.15) is 0 Å². The molecule has 0 aliphatic heterocycles. The topological polar surface area (TPSA) is 66.5 Å². The van der Waals surface area contributed by atoms with Gasteiger partial charge in [0, 0.05) is 18.7 Å². The molecule has 5 nitrogen and oxygen atoms in total. The minimum atomic E-state index is -3.27. The van der Waals surface area contributed by atoms with Crippen LogP contribution in [0.2, 0.25) is 0 Å². The fraction of sp³-hybridized carbons (Fsp3) is 0.462. The zero-order chi connectivity index (χ0) is 14.5. The Bertz CT molecular complexity index is 523. The minimum Gasteiger partial charge on any atom is -0.352 e. The molecule has 1 aromatic rings. The van der Waals surface area contributed by atoms with Crippen LogP contribution in [0.5, 0.6) is 0 Å². The van der Waals surface area contributed by atoms with Crippen LogP contribution < -0.4 is 9.62 Å². The summed E-state index contributed by atoms with van der Waals surface area (Å²) in [5.41, 5.74) is 1.10. The molecule has 0 unspecified atom stereocenters. The van der Waals surface area contributed by atoms with Crippen LogP contribution in [0.15, 0.2) is 24.3 Å². The van der Waals surface area contributed by atoms with Crippen LogP contribution in [0.3, 0.4) is 0 Å². The Kier molecular flexibility index (Phi) is 5.35. The van der Waals surface area contributed by atoms with Crippen molar-refractivity contribution >= 4 is 21.6 Å². The number of carbonyl (C=O) groups excluding carboxylic acids is 1. The standard InChI is InChI=1S/C13H20N2O3S/c1-4-14-13(16)11-7-9-12(10-8-11)15(5-2)19(17,18)6-3/h7-10H,4-6H2,1-3H3,(H,14,16). The minimum absolute atomic E-state index is 0.0545. The molecule has 0 aromatic heterocycles. The highest BCUT2D eigenvalue weighted by molar-refractivity contribution is 7.92. The van der Waals surface area contributed by atoms with Gasteiger partial charge in [-0.15, -0.1) is 0 Å². The number of nitrogens with zero attached hydrogens (tertiary/aromatic N) is 1.